The van der Waals surface area contributed by atoms with Crippen LogP contribution in [0.2, 0.25) is 0 Å². The molecule has 0 saturated carbocycles. The Morgan fingerprint density at radius 2 is 1.68 bits per heavy atom. The highest BCUT2D eigenvalue weighted by atomic mass is 32.2. The summed E-state index contributed by atoms with van der Waals surface area (Å²) in [7, 11) is -7.29. The van der Waals surface area contributed by atoms with Gasteiger partial charge in [-0.1, -0.05) is 35.9 Å². The molecule has 6 nitrogen and oxygen atoms in total. The van der Waals surface area contributed by atoms with E-state index in [9.17, 15) is 16.8 Å². The van der Waals surface area contributed by atoms with Crippen molar-refractivity contribution in [2.75, 3.05) is 23.1 Å². The molecule has 25 heavy (non-hydrogen) atoms. The summed E-state index contributed by atoms with van der Waals surface area (Å²) in [5.74, 6) is -0.285. The second-order valence-electron chi connectivity index (χ2n) is 5.98. The van der Waals surface area contributed by atoms with Crippen LogP contribution in [0.5, 0.6) is 0 Å². The SMILES string of the molecule is Cc1ccc(S(=O)(=O)NCCS(=O)(=O)N2CCc3ccccc32)cc1. The Bertz CT molecular complexity index is 968. The summed E-state index contributed by atoms with van der Waals surface area (Å²) in [6, 6.07) is 13.8. The van der Waals surface area contributed by atoms with Gasteiger partial charge in [-0.15, -0.1) is 0 Å². The molecule has 1 N–H and O–H groups in total. The predicted octanol–water partition coefficient (Wildman–Crippen LogP) is 1.67. The zero-order chi connectivity index (χ0) is 18.1. The number of nitrogens with one attached hydrogen (secondary N) is 1. The van der Waals surface area contributed by atoms with Crippen molar-refractivity contribution in [2.24, 2.45) is 0 Å². The van der Waals surface area contributed by atoms with Gasteiger partial charge in [-0.25, -0.2) is 21.6 Å². The number of aryl methyl sites for hydroxylation is 1. The average molecular weight is 380 g/mol. The first-order valence-electron chi connectivity index (χ1n) is 7.94. The van der Waals surface area contributed by atoms with E-state index in [1.807, 2.05) is 19.1 Å². The molecule has 0 fully saturated rings. The minimum atomic E-state index is -3.72. The van der Waals surface area contributed by atoms with Crippen molar-refractivity contribution in [3.8, 4) is 0 Å². The van der Waals surface area contributed by atoms with Gasteiger partial charge in [0.05, 0.1) is 16.3 Å². The first kappa shape index (κ1) is 17.9. The molecular formula is C17H20N2O4S2. The lowest BCUT2D eigenvalue weighted by molar-refractivity contribution is 0.580. The van der Waals surface area contributed by atoms with Gasteiger partial charge in [-0.2, -0.15) is 0 Å². The topological polar surface area (TPSA) is 83.5 Å². The largest absolute Gasteiger partial charge is 0.270 e. The second kappa shape index (κ2) is 6.78. The lowest BCUT2D eigenvalue weighted by atomic mass is 10.2. The minimum Gasteiger partial charge on any atom is -0.270 e. The van der Waals surface area contributed by atoms with E-state index in [0.717, 1.165) is 11.1 Å². The van der Waals surface area contributed by atoms with E-state index in [4.69, 9.17) is 0 Å². The zero-order valence-electron chi connectivity index (χ0n) is 13.8. The highest BCUT2D eigenvalue weighted by Crippen LogP contribution is 2.29. The second-order valence-corrected chi connectivity index (χ2v) is 9.76. The van der Waals surface area contributed by atoms with Crippen molar-refractivity contribution in [1.29, 1.82) is 0 Å². The number of para-hydroxylation sites is 1. The van der Waals surface area contributed by atoms with Crippen LogP contribution in [0.25, 0.3) is 0 Å². The minimum absolute atomic E-state index is 0.127. The lowest BCUT2D eigenvalue weighted by Gasteiger charge is -2.19. The number of benzene rings is 2. The molecular weight excluding hydrogens is 360 g/mol. The molecule has 1 heterocycles. The summed E-state index contributed by atoms with van der Waals surface area (Å²) in [4.78, 5) is 0.127. The van der Waals surface area contributed by atoms with Gasteiger partial charge >= 0.3 is 0 Å². The zero-order valence-corrected chi connectivity index (χ0v) is 15.5. The summed E-state index contributed by atoms with van der Waals surface area (Å²) in [6.07, 6.45) is 0.671. The molecule has 2 aromatic rings. The molecule has 0 aromatic heterocycles. The number of fused-ring (bicyclic) bond motifs is 1. The van der Waals surface area contributed by atoms with Gasteiger partial charge < -0.3 is 0 Å². The fraction of sp³-hybridized carbons (Fsp3) is 0.294. The van der Waals surface area contributed by atoms with Gasteiger partial charge in [-0.05, 0) is 37.1 Å². The Hall–Kier alpha value is -1.90. The van der Waals surface area contributed by atoms with Crippen LogP contribution in [0, 0.1) is 6.92 Å². The van der Waals surface area contributed by atoms with Crippen LogP contribution in [-0.2, 0) is 26.5 Å². The van der Waals surface area contributed by atoms with E-state index in [1.54, 1.807) is 24.3 Å². The van der Waals surface area contributed by atoms with Gasteiger partial charge in [0, 0.05) is 13.1 Å². The van der Waals surface area contributed by atoms with Crippen molar-refractivity contribution in [3.05, 3.63) is 59.7 Å². The molecule has 0 unspecified atom stereocenters. The molecule has 0 spiro atoms. The summed E-state index contributed by atoms with van der Waals surface area (Å²) in [6.45, 7) is 2.09. The van der Waals surface area contributed by atoms with E-state index in [0.29, 0.717) is 18.7 Å². The van der Waals surface area contributed by atoms with Crippen molar-refractivity contribution < 1.29 is 16.8 Å². The number of hydrogen-bond donors (Lipinski definition) is 1. The number of nitrogens with zero attached hydrogens (tertiary/aromatic N) is 1. The molecule has 8 heteroatoms. The Kier molecular flexibility index (Phi) is 4.86. The maximum atomic E-state index is 12.6. The number of hydrogen-bond acceptors (Lipinski definition) is 4. The van der Waals surface area contributed by atoms with Crippen molar-refractivity contribution in [2.45, 2.75) is 18.2 Å². The molecule has 1 aliphatic rings. The molecule has 1 aliphatic heterocycles. The molecule has 0 amide bonds. The Morgan fingerprint density at radius 1 is 1.00 bits per heavy atom. The van der Waals surface area contributed by atoms with E-state index < -0.39 is 20.0 Å². The van der Waals surface area contributed by atoms with Gasteiger partial charge in [0.2, 0.25) is 20.0 Å². The molecule has 0 aliphatic carbocycles. The maximum Gasteiger partial charge on any atom is 0.240 e. The average Bonchev–Trinajstić information content (AvgIpc) is 3.00. The molecule has 0 radical (unpaired) electrons. The van der Waals surface area contributed by atoms with E-state index in [1.165, 1.54) is 16.4 Å². The van der Waals surface area contributed by atoms with Gasteiger partial charge in [0.1, 0.15) is 0 Å². The van der Waals surface area contributed by atoms with Crippen molar-refractivity contribution in [3.63, 3.8) is 0 Å². The molecule has 0 bridgehead atoms. The summed E-state index contributed by atoms with van der Waals surface area (Å²) in [5, 5.41) is 0. The number of anilines is 1. The third kappa shape index (κ3) is 3.86. The van der Waals surface area contributed by atoms with Gasteiger partial charge in [-0.3, -0.25) is 4.31 Å². The number of rotatable bonds is 6. The van der Waals surface area contributed by atoms with Crippen LogP contribution < -0.4 is 9.03 Å². The van der Waals surface area contributed by atoms with Crippen LogP contribution in [0.1, 0.15) is 11.1 Å². The van der Waals surface area contributed by atoms with Crippen molar-refractivity contribution in [1.82, 2.24) is 4.72 Å². The normalized spacial score (nSPS) is 14.5. The molecule has 0 atom stereocenters. The third-order valence-corrected chi connectivity index (χ3v) is 7.41. The Morgan fingerprint density at radius 3 is 2.40 bits per heavy atom. The Labute approximate surface area is 148 Å². The predicted molar refractivity (Wildman–Crippen MR) is 97.6 cm³/mol. The van der Waals surface area contributed by atoms with Gasteiger partial charge in [0.25, 0.3) is 0 Å². The molecule has 3 rings (SSSR count). The first-order chi connectivity index (χ1) is 11.8. The van der Waals surface area contributed by atoms with Crippen LogP contribution in [0.4, 0.5) is 5.69 Å². The quantitative estimate of drug-likeness (QED) is 0.826. The monoisotopic (exact) mass is 380 g/mol. The highest BCUT2D eigenvalue weighted by Gasteiger charge is 2.29. The van der Waals surface area contributed by atoms with Crippen LogP contribution >= 0.6 is 0 Å². The van der Waals surface area contributed by atoms with Crippen LogP contribution in [0.15, 0.2) is 53.4 Å². The highest BCUT2D eigenvalue weighted by molar-refractivity contribution is 7.93. The standard InChI is InChI=1S/C17H20N2O4S2/c1-14-6-8-16(9-7-14)25(22,23)18-11-13-24(20,21)19-12-10-15-4-2-3-5-17(15)19/h2-9,18H,10-13H2,1H3. The lowest BCUT2D eigenvalue weighted by Crippen LogP contribution is -2.36. The van der Waals surface area contributed by atoms with E-state index >= 15 is 0 Å². The fourth-order valence-corrected chi connectivity index (χ4v) is 5.40. The van der Waals surface area contributed by atoms with Crippen molar-refractivity contribution >= 4 is 25.7 Å². The maximum absolute atomic E-state index is 12.6. The van der Waals surface area contributed by atoms with Crippen LogP contribution in [-0.4, -0.2) is 35.7 Å². The summed E-state index contributed by atoms with van der Waals surface area (Å²) in [5.41, 5.74) is 2.63. The smallest absolute Gasteiger partial charge is 0.240 e. The van der Waals surface area contributed by atoms with Crippen LogP contribution in [0.3, 0.4) is 0 Å². The van der Waals surface area contributed by atoms with E-state index in [2.05, 4.69) is 4.72 Å². The molecule has 134 valence electrons. The molecule has 0 saturated heterocycles. The first-order valence-corrected chi connectivity index (χ1v) is 11.0. The summed E-state index contributed by atoms with van der Waals surface area (Å²) < 4.78 is 53.3. The van der Waals surface area contributed by atoms with Gasteiger partial charge in [0.15, 0.2) is 0 Å². The molecule has 2 aromatic carbocycles. The Balaban J connectivity index is 1.66. The summed E-state index contributed by atoms with van der Waals surface area (Å²) >= 11 is 0. The fourth-order valence-electron chi connectivity index (χ4n) is 2.81. The van der Waals surface area contributed by atoms with E-state index in [-0.39, 0.29) is 17.2 Å². The number of sulfonamides is 2. The third-order valence-electron chi connectivity index (χ3n) is 4.16.